The molecule has 0 spiro atoms. The molecule has 0 amide bonds. The summed E-state index contributed by atoms with van der Waals surface area (Å²) >= 11 is 0. The first-order valence-corrected chi connectivity index (χ1v) is 15.7. The molecule has 1 N–H and O–H groups in total. The van der Waals surface area contributed by atoms with Crippen molar-refractivity contribution in [1.29, 1.82) is 0 Å². The lowest BCUT2D eigenvalue weighted by molar-refractivity contribution is 1.25. The molecule has 2 heterocycles. The molecule has 2 heteroatoms. The molecule has 0 aliphatic rings. The van der Waals surface area contributed by atoms with Gasteiger partial charge in [-0.2, -0.15) is 0 Å². The van der Waals surface area contributed by atoms with Crippen molar-refractivity contribution in [2.45, 2.75) is 0 Å². The van der Waals surface area contributed by atoms with Gasteiger partial charge in [0.2, 0.25) is 0 Å². The summed E-state index contributed by atoms with van der Waals surface area (Å²) in [7, 11) is 0. The Morgan fingerprint density at radius 3 is 1.91 bits per heavy atom. The van der Waals surface area contributed by atoms with E-state index in [1.54, 1.807) is 6.08 Å². The van der Waals surface area contributed by atoms with Gasteiger partial charge in [-0.3, -0.25) is 0 Å². The third-order valence-corrected chi connectivity index (χ3v) is 9.42. The van der Waals surface area contributed by atoms with E-state index in [1.807, 2.05) is 12.2 Å². The number of rotatable bonds is 5. The van der Waals surface area contributed by atoms with Crippen molar-refractivity contribution in [2.75, 3.05) is 0 Å². The molecule has 0 bridgehead atoms. The van der Waals surface area contributed by atoms with E-state index < -0.39 is 0 Å². The molecule has 0 aliphatic heterocycles. The van der Waals surface area contributed by atoms with Gasteiger partial charge in [-0.25, -0.2) is 0 Å². The topological polar surface area (TPSA) is 20.7 Å². The van der Waals surface area contributed by atoms with E-state index in [9.17, 15) is 0 Å². The molecule has 9 rings (SSSR count). The molecule has 0 saturated heterocycles. The molecule has 46 heavy (non-hydrogen) atoms. The lowest BCUT2D eigenvalue weighted by atomic mass is 9.89. The van der Waals surface area contributed by atoms with Crippen LogP contribution in [0, 0.1) is 0 Å². The predicted octanol–water partition coefficient (Wildman–Crippen LogP) is 12.3. The van der Waals surface area contributed by atoms with Crippen LogP contribution in [0.4, 0.5) is 0 Å². The number of aromatic nitrogens is 2. The number of H-pyrrole nitrogens is 1. The van der Waals surface area contributed by atoms with Crippen LogP contribution in [0.25, 0.3) is 93.1 Å². The minimum absolute atomic E-state index is 0.903. The van der Waals surface area contributed by atoms with Gasteiger partial charge in [-0.05, 0) is 74.1 Å². The van der Waals surface area contributed by atoms with Gasteiger partial charge in [-0.15, -0.1) is 0 Å². The van der Waals surface area contributed by atoms with Crippen molar-refractivity contribution in [3.8, 4) is 22.3 Å². The maximum absolute atomic E-state index is 4.47. The fraction of sp³-hybridized carbons (Fsp3) is 0. The number of nitrogens with one attached hydrogen (secondary N) is 1. The number of hydrogen-bond acceptors (Lipinski definition) is 0. The van der Waals surface area contributed by atoms with Crippen LogP contribution in [0.3, 0.4) is 0 Å². The summed E-state index contributed by atoms with van der Waals surface area (Å²) in [6, 6.07) is 48.5. The number of benzene rings is 7. The number of allylic oxidation sites excluding steroid dienone is 4. The average Bonchev–Trinajstić information content (AvgIpc) is 3.65. The van der Waals surface area contributed by atoms with E-state index >= 15 is 0 Å². The zero-order chi connectivity index (χ0) is 30.8. The van der Waals surface area contributed by atoms with Crippen molar-refractivity contribution in [1.82, 2.24) is 9.55 Å². The number of para-hydroxylation sites is 2. The molecule has 0 aliphatic carbocycles. The summed E-state index contributed by atoms with van der Waals surface area (Å²) in [5, 5.41) is 9.92. The molecule has 0 unspecified atom stereocenters. The van der Waals surface area contributed by atoms with Crippen molar-refractivity contribution < 1.29 is 0 Å². The van der Waals surface area contributed by atoms with Crippen molar-refractivity contribution in [2.24, 2.45) is 0 Å². The molecule has 2 aromatic heterocycles. The standard InChI is InChI=1S/C44H30N2/c1-3-4-13-28(2)46-42-21-12-10-19-38(42)44-37-18-8-7-16-33(37)39(27-43(44)46)34-25-24-30(31-14-5-6-15-32(31)34)29-22-23-36-35-17-9-11-20-40(35)45-41(36)26-29/h3-27,45H,1-2H2/b13-4-. The van der Waals surface area contributed by atoms with E-state index in [1.165, 1.54) is 65.3 Å². The Balaban J connectivity index is 1.32. The Morgan fingerprint density at radius 2 is 1.13 bits per heavy atom. The van der Waals surface area contributed by atoms with Gasteiger partial charge in [0.05, 0.1) is 11.0 Å². The second-order valence-corrected chi connectivity index (χ2v) is 11.9. The zero-order valence-electron chi connectivity index (χ0n) is 25.3. The van der Waals surface area contributed by atoms with Crippen LogP contribution < -0.4 is 0 Å². The first-order chi connectivity index (χ1) is 22.7. The fourth-order valence-electron chi connectivity index (χ4n) is 7.42. The quantitative estimate of drug-likeness (QED) is 0.194. The first-order valence-electron chi connectivity index (χ1n) is 15.7. The lowest BCUT2D eigenvalue weighted by Crippen LogP contribution is -1.94. The number of hydrogen-bond donors (Lipinski definition) is 1. The Morgan fingerprint density at radius 1 is 0.522 bits per heavy atom. The van der Waals surface area contributed by atoms with Crippen LogP contribution in [0.2, 0.25) is 0 Å². The summed E-state index contributed by atoms with van der Waals surface area (Å²) in [5.41, 5.74) is 10.4. The highest BCUT2D eigenvalue weighted by molar-refractivity contribution is 6.25. The maximum Gasteiger partial charge on any atom is 0.0553 e. The van der Waals surface area contributed by atoms with Crippen LogP contribution in [-0.4, -0.2) is 9.55 Å². The van der Waals surface area contributed by atoms with E-state index in [2.05, 4.69) is 156 Å². The highest BCUT2D eigenvalue weighted by Gasteiger charge is 2.19. The summed E-state index contributed by atoms with van der Waals surface area (Å²) in [6.45, 7) is 8.35. The molecule has 0 saturated carbocycles. The Hall–Kier alpha value is -6.12. The van der Waals surface area contributed by atoms with E-state index in [0.29, 0.717) is 0 Å². The molecule has 2 nitrogen and oxygen atoms in total. The third kappa shape index (κ3) is 3.84. The highest BCUT2D eigenvalue weighted by atomic mass is 15.0. The summed E-state index contributed by atoms with van der Waals surface area (Å²) in [4.78, 5) is 3.63. The van der Waals surface area contributed by atoms with Crippen LogP contribution in [0.1, 0.15) is 0 Å². The van der Waals surface area contributed by atoms with E-state index in [-0.39, 0.29) is 0 Å². The zero-order valence-corrected chi connectivity index (χ0v) is 25.3. The maximum atomic E-state index is 4.47. The van der Waals surface area contributed by atoms with Gasteiger partial charge < -0.3 is 9.55 Å². The smallest absolute Gasteiger partial charge is 0.0553 e. The molecular weight excluding hydrogens is 556 g/mol. The van der Waals surface area contributed by atoms with Gasteiger partial charge in [-0.1, -0.05) is 135 Å². The van der Waals surface area contributed by atoms with E-state index in [0.717, 1.165) is 27.8 Å². The van der Waals surface area contributed by atoms with E-state index in [4.69, 9.17) is 0 Å². The van der Waals surface area contributed by atoms with Gasteiger partial charge in [0.25, 0.3) is 0 Å². The second-order valence-electron chi connectivity index (χ2n) is 11.9. The Bertz CT molecular complexity index is 2730. The molecule has 0 atom stereocenters. The Labute approximate surface area is 266 Å². The number of fused-ring (bicyclic) bond motifs is 9. The monoisotopic (exact) mass is 586 g/mol. The van der Waals surface area contributed by atoms with Gasteiger partial charge in [0.15, 0.2) is 0 Å². The van der Waals surface area contributed by atoms with Crippen molar-refractivity contribution in [3.63, 3.8) is 0 Å². The predicted molar refractivity (Wildman–Crippen MR) is 199 cm³/mol. The van der Waals surface area contributed by atoms with Gasteiger partial charge >= 0.3 is 0 Å². The van der Waals surface area contributed by atoms with Crippen molar-refractivity contribution >= 4 is 70.9 Å². The number of aromatic amines is 1. The number of nitrogens with zero attached hydrogens (tertiary/aromatic N) is 1. The van der Waals surface area contributed by atoms with Crippen LogP contribution in [0.15, 0.2) is 165 Å². The normalized spacial score (nSPS) is 12.0. The van der Waals surface area contributed by atoms with Crippen molar-refractivity contribution in [3.05, 3.63) is 165 Å². The summed E-state index contributed by atoms with van der Waals surface area (Å²) < 4.78 is 2.28. The van der Waals surface area contributed by atoms with Crippen LogP contribution in [-0.2, 0) is 0 Å². The SMILES string of the molecule is C=C/C=C\C(=C)n1c2ccccc2c2c3ccccc3c(-c3ccc(-c4ccc5c(c4)[nH]c4ccccc45)c4ccccc34)cc21. The Kier molecular flexibility index (Phi) is 5.84. The molecule has 9 aromatic rings. The second kappa shape index (κ2) is 10.2. The van der Waals surface area contributed by atoms with Gasteiger partial charge in [0, 0.05) is 38.3 Å². The highest BCUT2D eigenvalue weighted by Crippen LogP contribution is 2.44. The molecule has 216 valence electrons. The molecule has 7 aromatic carbocycles. The van der Waals surface area contributed by atoms with Gasteiger partial charge in [0.1, 0.15) is 0 Å². The molecular formula is C44H30N2. The average molecular weight is 587 g/mol. The lowest BCUT2D eigenvalue weighted by Gasteiger charge is -2.16. The van der Waals surface area contributed by atoms with Crippen LogP contribution in [0.5, 0.6) is 0 Å². The fourth-order valence-corrected chi connectivity index (χ4v) is 7.42. The minimum Gasteiger partial charge on any atom is -0.354 e. The molecule has 0 radical (unpaired) electrons. The first kappa shape index (κ1) is 26.3. The summed E-state index contributed by atoms with van der Waals surface area (Å²) in [5.74, 6) is 0. The van der Waals surface area contributed by atoms with Crippen LogP contribution >= 0.6 is 0 Å². The summed E-state index contributed by atoms with van der Waals surface area (Å²) in [6.07, 6.45) is 5.77. The largest absolute Gasteiger partial charge is 0.354 e. The third-order valence-electron chi connectivity index (χ3n) is 9.42. The molecule has 0 fully saturated rings. The minimum atomic E-state index is 0.903.